The molecular weight excluding hydrogens is 841 g/mol. The van der Waals surface area contributed by atoms with Gasteiger partial charge in [0, 0.05) is 22.8 Å². The molecule has 0 spiro atoms. The minimum absolute atomic E-state index is 0.00677. The highest BCUT2D eigenvalue weighted by Crippen LogP contribution is 2.60. The van der Waals surface area contributed by atoms with Gasteiger partial charge in [0.15, 0.2) is 11.6 Å². The van der Waals surface area contributed by atoms with Crippen LogP contribution in [-0.4, -0.2) is 10.5 Å². The summed E-state index contributed by atoms with van der Waals surface area (Å²) in [6.45, 7) is 17.8. The maximum absolute atomic E-state index is 14.3. The van der Waals surface area contributed by atoms with E-state index in [2.05, 4.69) is 205 Å². The van der Waals surface area contributed by atoms with E-state index in [9.17, 15) is 13.6 Å². The van der Waals surface area contributed by atoms with E-state index in [1.807, 2.05) is 6.07 Å². The van der Waals surface area contributed by atoms with Gasteiger partial charge in [-0.05, 0) is 156 Å². The number of hydrogen-bond donors (Lipinski definition) is 0. The number of carbonyl (C=O) groups is 1. The Hall–Kier alpha value is -7.63. The third-order valence-electron chi connectivity index (χ3n) is 14.0. The first kappa shape index (κ1) is 43.0. The van der Waals surface area contributed by atoms with Crippen LogP contribution in [0.2, 0.25) is 0 Å². The number of benzene rings is 9. The van der Waals surface area contributed by atoms with E-state index in [1.54, 1.807) is 6.08 Å². The van der Waals surface area contributed by atoms with E-state index in [0.29, 0.717) is 0 Å². The molecule has 1 heterocycles. The average molecular weight is 893 g/mol. The molecule has 9 aromatic rings. The maximum atomic E-state index is 14.3. The van der Waals surface area contributed by atoms with Crippen molar-refractivity contribution in [2.24, 2.45) is 0 Å². The van der Waals surface area contributed by atoms with E-state index in [4.69, 9.17) is 0 Å². The quantitative estimate of drug-likeness (QED) is 0.123. The lowest BCUT2D eigenvalue weighted by Gasteiger charge is -2.29. The molecule has 1 N–H and O–H groups in total. The number of Topliss-reactive ketones (excluding diaryl/α,β-unsaturated/α-hetero) is 1. The largest absolute Gasteiger partial charge is 0.543 e. The van der Waals surface area contributed by atoms with Crippen molar-refractivity contribution in [1.82, 2.24) is 0 Å². The van der Waals surface area contributed by atoms with Crippen LogP contribution in [0.5, 0.6) is 5.75 Å². The standard InChI is InChI=1S/C63H51F2NO2/c1-36-14-9-11-16-43(36)57-45-29-20-38(33-55-61(67)50-34-51(64)52(65)35-54(50)68-55)32-49(45)58(44-17-12-10-15-37(44)2)59-47-19-13-18-46-53(31-30-48(56(46)47)60(57)59)66(41-25-21-39(22-26-41)62(3,4)5)42-27-23-40(24-28-42)63(6,7)8/h9-35H,1-8H3/p+1/b55-33-. The van der Waals surface area contributed by atoms with Gasteiger partial charge in [0.2, 0.25) is 0 Å². The third-order valence-corrected chi connectivity index (χ3v) is 14.0. The molecule has 0 unspecified atom stereocenters. The number of rotatable bonds is 6. The molecule has 334 valence electrons. The first-order valence-corrected chi connectivity index (χ1v) is 23.4. The molecule has 0 aromatic heterocycles. The van der Waals surface area contributed by atoms with Crippen molar-refractivity contribution in [3.63, 3.8) is 0 Å². The van der Waals surface area contributed by atoms with Crippen LogP contribution in [0.3, 0.4) is 0 Å². The Morgan fingerprint density at radius 2 is 1.01 bits per heavy atom. The Morgan fingerprint density at radius 3 is 1.59 bits per heavy atom. The number of carbonyl (C=O) groups excluding carboxylic acids is 1. The second-order valence-corrected chi connectivity index (χ2v) is 20.5. The van der Waals surface area contributed by atoms with Gasteiger partial charge in [0.25, 0.3) is 11.5 Å². The normalized spacial score (nSPS) is 13.6. The van der Waals surface area contributed by atoms with Crippen LogP contribution in [0, 0.1) is 25.5 Å². The van der Waals surface area contributed by atoms with Crippen molar-refractivity contribution < 1.29 is 18.3 Å². The SMILES string of the molecule is Cc1ccccc1-c1c2c(c(-c3ccccc3C)c3cc(/C=C4\[OH+]c5cc(F)c(F)cc5C4=O)ccc13)-c1cccc3c(N(c4ccc(C(C)(C)C)cc4)c4ccc(C(C)(C)C)cc4)ccc-2c13. The Bertz CT molecular complexity index is 3550. The number of anilines is 3. The molecule has 0 fully saturated rings. The van der Waals surface area contributed by atoms with Gasteiger partial charge in [-0.25, -0.2) is 8.78 Å². The van der Waals surface area contributed by atoms with Gasteiger partial charge in [-0.1, -0.05) is 151 Å². The van der Waals surface area contributed by atoms with Gasteiger partial charge in [-0.3, -0.25) is 4.79 Å². The molecule has 2 aliphatic rings. The topological polar surface area (TPSA) is 33.1 Å². The molecule has 1 aliphatic carbocycles. The van der Waals surface area contributed by atoms with Crippen LogP contribution in [0.1, 0.15) is 79.7 Å². The highest BCUT2D eigenvalue weighted by atomic mass is 19.2. The highest BCUT2D eigenvalue weighted by molar-refractivity contribution is 6.29. The Balaban J connectivity index is 1.20. The van der Waals surface area contributed by atoms with Crippen molar-refractivity contribution in [3.8, 4) is 50.3 Å². The second kappa shape index (κ2) is 15.7. The molecule has 0 amide bonds. The van der Waals surface area contributed by atoms with Gasteiger partial charge in [-0.15, -0.1) is 0 Å². The molecule has 0 saturated heterocycles. The number of hydrogen-bond acceptors (Lipinski definition) is 2. The van der Waals surface area contributed by atoms with Gasteiger partial charge < -0.3 is 9.64 Å². The second-order valence-electron chi connectivity index (χ2n) is 20.5. The predicted octanol–water partition coefficient (Wildman–Crippen LogP) is 17.4. The number of nitrogens with zero attached hydrogens (tertiary/aromatic N) is 1. The van der Waals surface area contributed by atoms with Crippen molar-refractivity contribution in [2.75, 3.05) is 4.90 Å². The van der Waals surface area contributed by atoms with Gasteiger partial charge in [-0.2, -0.15) is 0 Å². The minimum atomic E-state index is -1.07. The predicted molar refractivity (Wildman–Crippen MR) is 279 cm³/mol. The fourth-order valence-corrected chi connectivity index (χ4v) is 10.4. The zero-order valence-electron chi connectivity index (χ0n) is 39.6. The summed E-state index contributed by atoms with van der Waals surface area (Å²) in [5.74, 6) is -2.27. The van der Waals surface area contributed by atoms with Crippen LogP contribution in [0.25, 0.3) is 72.1 Å². The molecule has 1 aliphatic heterocycles. The van der Waals surface area contributed by atoms with Crippen molar-refractivity contribution >= 4 is 50.5 Å². The van der Waals surface area contributed by atoms with Crippen LogP contribution >= 0.6 is 0 Å². The Kier molecular flexibility index (Phi) is 9.95. The molecule has 0 atom stereocenters. The molecule has 0 bridgehead atoms. The number of aromatic hydroxyl groups is 1. The molecule has 9 aromatic carbocycles. The number of allylic oxidation sites excluding steroid dienone is 1. The summed E-state index contributed by atoms with van der Waals surface area (Å²) >= 11 is 0. The van der Waals surface area contributed by atoms with Crippen LogP contribution in [-0.2, 0) is 10.8 Å². The molecule has 5 heteroatoms. The number of ketones is 1. The van der Waals surface area contributed by atoms with Crippen molar-refractivity contribution in [2.45, 2.75) is 66.2 Å². The zero-order valence-corrected chi connectivity index (χ0v) is 39.6. The monoisotopic (exact) mass is 892 g/mol. The first-order chi connectivity index (χ1) is 32.6. The molecule has 0 radical (unpaired) electrons. The third kappa shape index (κ3) is 6.94. The molecule has 0 saturated carbocycles. The Labute approximate surface area is 397 Å². The zero-order chi connectivity index (χ0) is 47.4. The molecule has 68 heavy (non-hydrogen) atoms. The smallest absolute Gasteiger partial charge is 0.310 e. The number of halogens is 2. The number of aryl methyl sites for hydroxylation is 2. The van der Waals surface area contributed by atoms with Gasteiger partial charge in [0.1, 0.15) is 5.56 Å². The summed E-state index contributed by atoms with van der Waals surface area (Å²) in [7, 11) is 0. The van der Waals surface area contributed by atoms with Crippen LogP contribution in [0.4, 0.5) is 25.8 Å². The van der Waals surface area contributed by atoms with E-state index in [1.165, 1.54) is 27.6 Å². The Morgan fingerprint density at radius 1 is 0.485 bits per heavy atom. The molecular formula is C63H52F2NO2+. The fourth-order valence-electron chi connectivity index (χ4n) is 10.4. The van der Waals surface area contributed by atoms with Gasteiger partial charge >= 0.3 is 5.76 Å². The highest BCUT2D eigenvalue weighted by Gasteiger charge is 2.37. The number of fused-ring (bicyclic) bond motifs is 5. The van der Waals surface area contributed by atoms with Crippen LogP contribution < -0.4 is 4.90 Å². The summed E-state index contributed by atoms with van der Waals surface area (Å²) < 4.78 is 33.1. The van der Waals surface area contributed by atoms with Gasteiger partial charge in [0.05, 0.1) is 11.8 Å². The average Bonchev–Trinajstić information content (AvgIpc) is 3.80. The van der Waals surface area contributed by atoms with Crippen molar-refractivity contribution in [1.29, 1.82) is 0 Å². The van der Waals surface area contributed by atoms with E-state index >= 15 is 0 Å². The lowest BCUT2D eigenvalue weighted by atomic mass is 9.80. The summed E-state index contributed by atoms with van der Waals surface area (Å²) in [5.41, 5.74) is 18.1. The maximum Gasteiger partial charge on any atom is 0.310 e. The number of ether oxygens (including phenoxy) is 1. The van der Waals surface area contributed by atoms with E-state index < -0.39 is 17.4 Å². The lowest BCUT2D eigenvalue weighted by Crippen LogP contribution is -2.14. The first-order valence-electron chi connectivity index (χ1n) is 23.4. The summed E-state index contributed by atoms with van der Waals surface area (Å²) in [6, 6.07) is 54.8. The van der Waals surface area contributed by atoms with Crippen molar-refractivity contribution in [3.05, 3.63) is 208 Å². The lowest BCUT2D eigenvalue weighted by molar-refractivity contribution is 0.0923. The summed E-state index contributed by atoms with van der Waals surface area (Å²) in [5, 5.41) is 4.43. The molecule has 3 nitrogen and oxygen atoms in total. The summed E-state index contributed by atoms with van der Waals surface area (Å²) in [6.07, 6.45) is 1.73. The fraction of sp³-hybridized carbons (Fsp3) is 0.159. The minimum Gasteiger partial charge on any atom is -0.543 e. The van der Waals surface area contributed by atoms with Crippen LogP contribution in [0.15, 0.2) is 163 Å². The molecule has 11 rings (SSSR count). The van der Waals surface area contributed by atoms with E-state index in [0.717, 1.165) is 95.4 Å². The summed E-state index contributed by atoms with van der Waals surface area (Å²) in [4.78, 5) is 16.0. The number of aliphatic hydroxyl groups is 1. The van der Waals surface area contributed by atoms with E-state index in [-0.39, 0.29) is 27.9 Å².